The lowest BCUT2D eigenvalue weighted by atomic mass is 9.99. The SMILES string of the molecule is O=c1n(C/C(CN2C3CCC2CC(OCc2ccccc2F)C3)=N\O)nc2ccccn12. The van der Waals surface area contributed by atoms with Crippen molar-refractivity contribution in [2.75, 3.05) is 6.54 Å². The normalized spacial score (nSPS) is 23.8. The molecule has 32 heavy (non-hydrogen) atoms. The lowest BCUT2D eigenvalue weighted by molar-refractivity contribution is -0.0250. The average Bonchev–Trinajstić information content (AvgIpc) is 3.23. The first-order valence-corrected chi connectivity index (χ1v) is 11.0. The van der Waals surface area contributed by atoms with Crippen molar-refractivity contribution < 1.29 is 14.3 Å². The Morgan fingerprint density at radius 3 is 2.59 bits per heavy atom. The molecule has 1 aromatic carbocycles. The van der Waals surface area contributed by atoms with Crippen molar-refractivity contribution in [2.45, 2.75) is 57.0 Å². The van der Waals surface area contributed by atoms with Gasteiger partial charge in [0.05, 0.1) is 25.0 Å². The van der Waals surface area contributed by atoms with Gasteiger partial charge >= 0.3 is 5.69 Å². The van der Waals surface area contributed by atoms with Gasteiger partial charge in [0.1, 0.15) is 5.82 Å². The molecule has 1 N–H and O–H groups in total. The number of fused-ring (bicyclic) bond motifs is 3. The molecule has 0 aliphatic carbocycles. The van der Waals surface area contributed by atoms with Crippen molar-refractivity contribution in [1.29, 1.82) is 0 Å². The van der Waals surface area contributed by atoms with Crippen molar-refractivity contribution in [3.63, 3.8) is 0 Å². The Kier molecular flexibility index (Phi) is 5.75. The van der Waals surface area contributed by atoms with Crippen LogP contribution in [0.15, 0.2) is 58.6 Å². The monoisotopic (exact) mass is 439 g/mol. The van der Waals surface area contributed by atoms with Gasteiger partial charge in [0.25, 0.3) is 0 Å². The molecule has 2 atom stereocenters. The number of halogens is 1. The first-order chi connectivity index (χ1) is 15.6. The molecule has 5 rings (SSSR count). The highest BCUT2D eigenvalue weighted by atomic mass is 19.1. The number of aromatic nitrogens is 3. The molecule has 2 saturated heterocycles. The summed E-state index contributed by atoms with van der Waals surface area (Å²) < 4.78 is 22.7. The van der Waals surface area contributed by atoms with Gasteiger partial charge < -0.3 is 9.94 Å². The Morgan fingerprint density at radius 1 is 1.12 bits per heavy atom. The molecule has 0 radical (unpaired) electrons. The fourth-order valence-corrected chi connectivity index (χ4v) is 5.01. The molecule has 168 valence electrons. The van der Waals surface area contributed by atoms with E-state index >= 15 is 0 Å². The molecule has 2 unspecified atom stereocenters. The number of benzene rings is 1. The summed E-state index contributed by atoms with van der Waals surface area (Å²) in [5, 5.41) is 17.4. The van der Waals surface area contributed by atoms with E-state index in [1.165, 1.54) is 15.1 Å². The summed E-state index contributed by atoms with van der Waals surface area (Å²) >= 11 is 0. The number of ether oxygens (including phenoxy) is 1. The van der Waals surface area contributed by atoms with Gasteiger partial charge in [-0.3, -0.25) is 9.30 Å². The molecule has 0 spiro atoms. The molecule has 4 heterocycles. The maximum atomic E-state index is 13.9. The summed E-state index contributed by atoms with van der Waals surface area (Å²) in [5.41, 5.74) is 1.38. The van der Waals surface area contributed by atoms with Crippen molar-refractivity contribution in [1.82, 2.24) is 19.1 Å². The third kappa shape index (κ3) is 4.05. The van der Waals surface area contributed by atoms with E-state index < -0.39 is 0 Å². The summed E-state index contributed by atoms with van der Waals surface area (Å²) in [5.74, 6) is -0.237. The van der Waals surface area contributed by atoms with Crippen LogP contribution in [0.3, 0.4) is 0 Å². The highest BCUT2D eigenvalue weighted by Gasteiger charge is 2.41. The highest BCUT2D eigenvalue weighted by Crippen LogP contribution is 2.37. The van der Waals surface area contributed by atoms with E-state index in [1.807, 2.05) is 12.1 Å². The second-order valence-corrected chi connectivity index (χ2v) is 8.59. The zero-order valence-electron chi connectivity index (χ0n) is 17.7. The minimum Gasteiger partial charge on any atom is -0.411 e. The summed E-state index contributed by atoms with van der Waals surface area (Å²) in [6.45, 7) is 0.892. The number of pyridine rings is 1. The smallest absolute Gasteiger partial charge is 0.350 e. The van der Waals surface area contributed by atoms with Gasteiger partial charge in [0.15, 0.2) is 5.65 Å². The van der Waals surface area contributed by atoms with Gasteiger partial charge in [0.2, 0.25) is 0 Å². The van der Waals surface area contributed by atoms with Crippen LogP contribution in [0, 0.1) is 5.82 Å². The van der Waals surface area contributed by atoms with Gasteiger partial charge in [-0.2, -0.15) is 0 Å². The minimum absolute atomic E-state index is 0.0823. The van der Waals surface area contributed by atoms with Crippen molar-refractivity contribution >= 4 is 11.4 Å². The van der Waals surface area contributed by atoms with Crippen LogP contribution in [0.2, 0.25) is 0 Å². The molecule has 2 aliphatic rings. The minimum atomic E-state index is -0.259. The molecule has 8 nitrogen and oxygen atoms in total. The van der Waals surface area contributed by atoms with E-state index in [0.717, 1.165) is 25.7 Å². The number of hydrogen-bond acceptors (Lipinski definition) is 6. The number of rotatable bonds is 7. The quantitative estimate of drug-likeness (QED) is 0.348. The Labute approximate surface area is 184 Å². The zero-order valence-corrected chi connectivity index (χ0v) is 17.7. The van der Waals surface area contributed by atoms with E-state index in [-0.39, 0.29) is 30.8 Å². The lowest BCUT2D eigenvalue weighted by Crippen LogP contribution is -2.48. The van der Waals surface area contributed by atoms with Crippen LogP contribution in [0.4, 0.5) is 4.39 Å². The lowest BCUT2D eigenvalue weighted by Gasteiger charge is -2.38. The summed E-state index contributed by atoms with van der Waals surface area (Å²) in [7, 11) is 0. The van der Waals surface area contributed by atoms with Gasteiger partial charge in [-0.25, -0.2) is 13.9 Å². The topological polar surface area (TPSA) is 84.4 Å². The Balaban J connectivity index is 1.22. The maximum Gasteiger partial charge on any atom is 0.350 e. The molecule has 2 fully saturated rings. The Morgan fingerprint density at radius 2 is 1.88 bits per heavy atom. The second-order valence-electron chi connectivity index (χ2n) is 8.59. The van der Waals surface area contributed by atoms with E-state index in [9.17, 15) is 14.4 Å². The maximum absolute atomic E-state index is 13.9. The molecule has 9 heteroatoms. The average molecular weight is 439 g/mol. The first kappa shape index (κ1) is 20.8. The standard InChI is InChI=1S/C23H26FN5O3/c24-21-6-2-1-5-16(21)15-32-20-11-18-8-9-19(12-20)28(18)13-17(26-31)14-29-23(30)27-10-4-3-7-22(27)25-29/h1-7,10,18-20,31H,8-9,11-15H2/b26-17-. The van der Waals surface area contributed by atoms with Crippen molar-refractivity contribution in [2.24, 2.45) is 5.16 Å². The Bertz CT molecular complexity index is 1180. The number of hydrogen-bond donors (Lipinski definition) is 1. The van der Waals surface area contributed by atoms with Gasteiger partial charge in [-0.15, -0.1) is 5.10 Å². The van der Waals surface area contributed by atoms with Gasteiger partial charge in [0, 0.05) is 30.4 Å². The molecule has 2 aromatic heterocycles. The van der Waals surface area contributed by atoms with Crippen LogP contribution in [-0.4, -0.2) is 54.7 Å². The molecular formula is C23H26FN5O3. The van der Waals surface area contributed by atoms with E-state index in [4.69, 9.17) is 4.74 Å². The van der Waals surface area contributed by atoms with Crippen LogP contribution < -0.4 is 5.69 Å². The molecular weight excluding hydrogens is 413 g/mol. The van der Waals surface area contributed by atoms with Crippen molar-refractivity contribution in [3.8, 4) is 0 Å². The zero-order chi connectivity index (χ0) is 22.1. The largest absolute Gasteiger partial charge is 0.411 e. The van der Waals surface area contributed by atoms with E-state index in [0.29, 0.717) is 35.6 Å². The second kappa shape index (κ2) is 8.84. The van der Waals surface area contributed by atoms with Crippen molar-refractivity contribution in [3.05, 3.63) is 70.5 Å². The van der Waals surface area contributed by atoms with Gasteiger partial charge in [-0.1, -0.05) is 29.4 Å². The third-order valence-electron chi connectivity index (χ3n) is 6.60. The first-order valence-electron chi connectivity index (χ1n) is 11.0. The fraction of sp³-hybridized carbons (Fsp3) is 0.435. The van der Waals surface area contributed by atoms with Crippen LogP contribution in [0.1, 0.15) is 31.2 Å². The summed E-state index contributed by atoms with van der Waals surface area (Å²) in [6.07, 6.45) is 5.58. The van der Waals surface area contributed by atoms with Crippen LogP contribution >= 0.6 is 0 Å². The van der Waals surface area contributed by atoms with E-state index in [2.05, 4.69) is 15.2 Å². The van der Waals surface area contributed by atoms with E-state index in [1.54, 1.807) is 30.5 Å². The van der Waals surface area contributed by atoms with Crippen LogP contribution in [0.25, 0.3) is 5.65 Å². The third-order valence-corrected chi connectivity index (χ3v) is 6.60. The highest BCUT2D eigenvalue weighted by molar-refractivity contribution is 5.85. The Hall–Kier alpha value is -3.04. The number of oxime groups is 1. The number of nitrogens with zero attached hydrogens (tertiary/aromatic N) is 5. The van der Waals surface area contributed by atoms with Crippen LogP contribution in [0.5, 0.6) is 0 Å². The predicted molar refractivity (Wildman–Crippen MR) is 116 cm³/mol. The molecule has 0 amide bonds. The predicted octanol–water partition coefficient (Wildman–Crippen LogP) is 2.68. The number of piperidine rings is 1. The summed E-state index contributed by atoms with van der Waals surface area (Å²) in [4.78, 5) is 14.9. The summed E-state index contributed by atoms with van der Waals surface area (Å²) in [6, 6.07) is 12.7. The van der Waals surface area contributed by atoms with Crippen LogP contribution in [-0.2, 0) is 17.9 Å². The molecule has 2 aliphatic heterocycles. The molecule has 2 bridgehead atoms. The fourth-order valence-electron chi connectivity index (χ4n) is 5.01. The molecule has 3 aromatic rings. The van der Waals surface area contributed by atoms with Gasteiger partial charge in [-0.05, 0) is 43.9 Å². The molecule has 0 saturated carbocycles.